The van der Waals surface area contributed by atoms with Gasteiger partial charge in [-0.2, -0.15) is 17.5 Å². The van der Waals surface area contributed by atoms with Crippen LogP contribution in [-0.4, -0.2) is 59.6 Å². The number of sulfonamides is 1. The van der Waals surface area contributed by atoms with Gasteiger partial charge in [-0.1, -0.05) is 55.8 Å². The van der Waals surface area contributed by atoms with Gasteiger partial charge in [-0.25, -0.2) is 8.42 Å². The van der Waals surface area contributed by atoms with Gasteiger partial charge in [-0.05, 0) is 110 Å². The lowest BCUT2D eigenvalue weighted by atomic mass is 9.32. The minimum Gasteiger partial charge on any atom is -0.453 e. The van der Waals surface area contributed by atoms with Gasteiger partial charge >= 0.3 is 12.5 Å². The number of Topliss-reactive ketones (excluding diaryl/α,β-unsaturated/α-hetero) is 1. The van der Waals surface area contributed by atoms with Gasteiger partial charge in [0.05, 0.1) is 28.5 Å². The molecule has 8 atom stereocenters. The SMILES string of the molecule is CC12CCC(O)CC13C=CC1(C(C(=O)c4ccc(-c5cc(C(F)(F)F)ccc5Cl)o4)=C3)C2CCC2(C)C1CCC2(O)CN(Cc1ccc(OC(F)(F)F)cc1)S(C)(=O)=O. The molecule has 2 bridgehead atoms. The fraction of sp³-hybridized carbons (Fsp3) is 0.512. The molecule has 9 rings (SSSR count). The Morgan fingerprint density at radius 2 is 1.59 bits per heavy atom. The van der Waals surface area contributed by atoms with Crippen LogP contribution in [0.5, 0.6) is 5.75 Å². The maximum Gasteiger partial charge on any atom is 0.573 e. The van der Waals surface area contributed by atoms with E-state index in [1.54, 1.807) is 0 Å². The second-order valence-electron chi connectivity index (χ2n) is 17.7. The third kappa shape index (κ3) is 6.68. The van der Waals surface area contributed by atoms with Gasteiger partial charge in [0.2, 0.25) is 15.8 Å². The molecule has 0 radical (unpaired) electrons. The normalized spacial score (nSPS) is 34.0. The highest BCUT2D eigenvalue weighted by Gasteiger charge is 2.74. The zero-order valence-corrected chi connectivity index (χ0v) is 34.0. The van der Waals surface area contributed by atoms with Crippen LogP contribution >= 0.6 is 11.6 Å². The molecule has 3 saturated carbocycles. The van der Waals surface area contributed by atoms with Crippen molar-refractivity contribution in [2.45, 2.75) is 89.6 Å². The van der Waals surface area contributed by atoms with Crippen LogP contribution in [-0.2, 0) is 22.7 Å². The highest BCUT2D eigenvalue weighted by Crippen LogP contribution is 2.78. The fourth-order valence-electron chi connectivity index (χ4n) is 11.8. The maximum atomic E-state index is 15.0. The van der Waals surface area contributed by atoms with Gasteiger partial charge in [0, 0.05) is 40.5 Å². The van der Waals surface area contributed by atoms with E-state index in [2.05, 4.69) is 23.8 Å². The van der Waals surface area contributed by atoms with E-state index >= 15 is 4.79 Å². The third-order valence-corrected chi connectivity index (χ3v) is 16.3. The van der Waals surface area contributed by atoms with Crippen LogP contribution in [0.3, 0.4) is 0 Å². The molecule has 2 spiro atoms. The molecule has 8 unspecified atom stereocenters. The average Bonchev–Trinajstić information content (AvgIpc) is 3.73. The molecule has 318 valence electrons. The summed E-state index contributed by atoms with van der Waals surface area (Å²) in [6.45, 7) is 3.58. The number of halogens is 7. The average molecular weight is 868 g/mol. The van der Waals surface area contributed by atoms with Crippen molar-refractivity contribution < 1.29 is 58.9 Å². The molecule has 3 aromatic rings. The van der Waals surface area contributed by atoms with E-state index < -0.39 is 73.0 Å². The van der Waals surface area contributed by atoms with Crippen LogP contribution in [0.25, 0.3) is 11.3 Å². The van der Waals surface area contributed by atoms with Crippen molar-refractivity contribution in [1.29, 1.82) is 0 Å². The molecule has 0 amide bonds. The number of carbonyl (C=O) groups excluding carboxylic acids is 1. The van der Waals surface area contributed by atoms with E-state index in [4.69, 9.17) is 16.0 Å². The molecule has 16 heteroatoms. The van der Waals surface area contributed by atoms with Crippen LogP contribution < -0.4 is 4.74 Å². The zero-order chi connectivity index (χ0) is 42.8. The topological polar surface area (TPSA) is 117 Å². The van der Waals surface area contributed by atoms with Crippen LogP contribution in [0, 0.1) is 33.5 Å². The molecule has 2 N–H and O–H groups in total. The smallest absolute Gasteiger partial charge is 0.453 e. The number of fused-ring (bicyclic) bond motifs is 1. The first-order chi connectivity index (χ1) is 27.3. The molecule has 2 aromatic carbocycles. The van der Waals surface area contributed by atoms with Gasteiger partial charge in [0.1, 0.15) is 11.5 Å². The van der Waals surface area contributed by atoms with Crippen molar-refractivity contribution in [1.82, 2.24) is 4.31 Å². The van der Waals surface area contributed by atoms with Gasteiger partial charge in [0.15, 0.2) is 5.76 Å². The van der Waals surface area contributed by atoms with Crippen molar-refractivity contribution in [3.05, 3.63) is 100 Å². The third-order valence-electron chi connectivity index (χ3n) is 14.8. The predicted octanol–water partition coefficient (Wildman–Crippen LogP) is 9.75. The first-order valence-corrected chi connectivity index (χ1v) is 21.7. The Balaban J connectivity index is 1.17. The largest absolute Gasteiger partial charge is 0.573 e. The van der Waals surface area contributed by atoms with Crippen LogP contribution in [0.4, 0.5) is 26.3 Å². The Hall–Kier alpha value is -3.63. The highest BCUT2D eigenvalue weighted by molar-refractivity contribution is 7.88. The number of aliphatic hydroxyl groups is 2. The first kappa shape index (κ1) is 42.1. The first-order valence-electron chi connectivity index (χ1n) is 19.5. The molecule has 6 aliphatic rings. The molecule has 8 nitrogen and oxygen atoms in total. The van der Waals surface area contributed by atoms with E-state index in [1.165, 1.54) is 24.3 Å². The summed E-state index contributed by atoms with van der Waals surface area (Å²) < 4.78 is 117. The number of hydrogen-bond acceptors (Lipinski definition) is 7. The van der Waals surface area contributed by atoms with E-state index in [1.807, 2.05) is 13.0 Å². The van der Waals surface area contributed by atoms with Gasteiger partial charge < -0.3 is 19.4 Å². The molecule has 59 heavy (non-hydrogen) atoms. The van der Waals surface area contributed by atoms with Crippen LogP contribution in [0.2, 0.25) is 5.02 Å². The summed E-state index contributed by atoms with van der Waals surface area (Å²) in [7, 11) is -3.98. The van der Waals surface area contributed by atoms with Crippen molar-refractivity contribution >= 4 is 27.4 Å². The molecular formula is C43H44ClF6NO7S. The van der Waals surface area contributed by atoms with E-state index in [9.17, 15) is 45.0 Å². The van der Waals surface area contributed by atoms with Crippen molar-refractivity contribution in [3.8, 4) is 17.1 Å². The van der Waals surface area contributed by atoms with Crippen molar-refractivity contribution in [3.63, 3.8) is 0 Å². The summed E-state index contributed by atoms with van der Waals surface area (Å²) in [5, 5.41) is 23.8. The van der Waals surface area contributed by atoms with Gasteiger partial charge in [-0.15, -0.1) is 13.2 Å². The summed E-state index contributed by atoms with van der Waals surface area (Å²) in [5.74, 6) is -1.61. The van der Waals surface area contributed by atoms with Crippen LogP contribution in [0.15, 0.2) is 82.8 Å². The number of carbonyl (C=O) groups is 1. The number of ether oxygens (including phenoxy) is 1. The number of rotatable bonds is 9. The summed E-state index contributed by atoms with van der Waals surface area (Å²) in [4.78, 5) is 15.0. The Kier molecular flexibility index (Phi) is 9.76. The summed E-state index contributed by atoms with van der Waals surface area (Å²) >= 11 is 6.34. The Morgan fingerprint density at radius 3 is 2.25 bits per heavy atom. The van der Waals surface area contributed by atoms with Crippen LogP contribution in [0.1, 0.15) is 80.5 Å². The molecule has 0 aliphatic heterocycles. The molecule has 0 saturated heterocycles. The monoisotopic (exact) mass is 867 g/mol. The minimum absolute atomic E-state index is 0.00126. The summed E-state index contributed by atoms with van der Waals surface area (Å²) in [6, 6.07) is 10.5. The lowest BCUT2D eigenvalue weighted by Crippen LogP contribution is -2.67. The number of aliphatic hydroxyl groups excluding tert-OH is 1. The second kappa shape index (κ2) is 13.7. The number of allylic oxidation sites excluding steroid dienone is 4. The second-order valence-corrected chi connectivity index (χ2v) is 20.1. The Morgan fingerprint density at radius 1 is 0.932 bits per heavy atom. The molecular weight excluding hydrogens is 824 g/mol. The lowest BCUT2D eigenvalue weighted by molar-refractivity contribution is -0.274. The van der Waals surface area contributed by atoms with Crippen molar-refractivity contribution in [2.75, 3.05) is 12.8 Å². The van der Waals surface area contributed by atoms with Gasteiger partial charge in [-0.3, -0.25) is 4.79 Å². The van der Waals surface area contributed by atoms with E-state index in [0.29, 0.717) is 49.7 Å². The highest BCUT2D eigenvalue weighted by atomic mass is 35.5. The molecule has 3 fully saturated rings. The van der Waals surface area contributed by atoms with E-state index in [-0.39, 0.29) is 53.5 Å². The predicted molar refractivity (Wildman–Crippen MR) is 205 cm³/mol. The zero-order valence-electron chi connectivity index (χ0n) is 32.5. The number of ketones is 1. The number of nitrogens with zero attached hydrogens (tertiary/aromatic N) is 1. The number of alkyl halides is 6. The number of hydrogen-bond donors (Lipinski definition) is 2. The van der Waals surface area contributed by atoms with E-state index in [0.717, 1.165) is 40.9 Å². The quantitative estimate of drug-likeness (QED) is 0.125. The van der Waals surface area contributed by atoms with Crippen molar-refractivity contribution in [2.24, 2.45) is 33.5 Å². The molecule has 1 aromatic heterocycles. The number of furan rings is 1. The maximum absolute atomic E-state index is 15.0. The lowest BCUT2D eigenvalue weighted by Gasteiger charge is -2.71. The van der Waals surface area contributed by atoms with Gasteiger partial charge in [0.25, 0.3) is 0 Å². The standard InChI is InChI=1S/C43H44ClF6NO7S/c1-37-15-12-27(52)21-39(37)18-19-41(30(22-39)36(53)33-11-10-32(57-33)29-20-26(42(45,46)47)6-9-31(29)44)34(37)13-16-38(2)35(41)14-17-40(38,54)24-51(59(3,55)56)23-25-4-7-28(8-5-25)58-43(48,49)50/h4-11,18-20,22,27,34-35,52,54H,12-17,21,23-24H2,1-3H3. The Labute approximate surface area is 342 Å². The summed E-state index contributed by atoms with van der Waals surface area (Å²) in [5.41, 5.74) is -4.81. The Bertz CT molecular complexity index is 2360. The number of benzene rings is 2. The fourth-order valence-corrected chi connectivity index (χ4v) is 12.9. The summed E-state index contributed by atoms with van der Waals surface area (Å²) in [6.07, 6.45) is 0.196. The molecule has 6 aliphatic carbocycles. The molecule has 1 heterocycles. The minimum atomic E-state index is -4.90.